The maximum Gasteiger partial charge on any atom is 0.390 e. The lowest BCUT2D eigenvalue weighted by atomic mass is 10.0. The second-order valence-electron chi connectivity index (χ2n) is 9.26. The molecule has 2 aromatic heterocycles. The maximum absolute atomic E-state index is 13.7. The van der Waals surface area contributed by atoms with Crippen molar-refractivity contribution in [3.8, 4) is 22.9 Å². The van der Waals surface area contributed by atoms with Crippen molar-refractivity contribution in [3.63, 3.8) is 0 Å². The first-order valence-electron chi connectivity index (χ1n) is 12.0. The summed E-state index contributed by atoms with van der Waals surface area (Å²) in [5.41, 5.74) is 3.02. The van der Waals surface area contributed by atoms with Crippen molar-refractivity contribution >= 4 is 17.2 Å². The van der Waals surface area contributed by atoms with Crippen LogP contribution in [0.4, 0.5) is 23.2 Å². The molecule has 0 saturated heterocycles. The molecule has 0 radical (unpaired) electrons. The fourth-order valence-corrected chi connectivity index (χ4v) is 3.78. The van der Waals surface area contributed by atoms with Gasteiger partial charge in [-0.3, -0.25) is 4.79 Å². The average Bonchev–Trinajstić information content (AvgIpc) is 3.26. The molecule has 7 nitrogen and oxygen atoms in total. The van der Waals surface area contributed by atoms with Crippen molar-refractivity contribution in [1.29, 1.82) is 0 Å². The van der Waals surface area contributed by atoms with Crippen molar-refractivity contribution in [2.45, 2.75) is 33.4 Å². The van der Waals surface area contributed by atoms with Gasteiger partial charge >= 0.3 is 6.18 Å². The second kappa shape index (κ2) is 11.1. The number of aromatic nitrogens is 3. The standard InChI is InChI=1S/C27H27F4N5O2/c1-16(2)14-34-26(37)21-8-7-18(11-17(21)3)23-15-33-25-22(32-10-9-27(29,30)31)13-24(35-36(23)25)38-20-6-4-5-19(28)12-20/h4-8,11-13,15-16,32H,9-10,14H2,1-3H3,(H,34,37). The molecule has 11 heteroatoms. The molecule has 2 aromatic carbocycles. The predicted octanol–water partition coefficient (Wildman–Crippen LogP) is 6.39. The number of fused-ring (bicyclic) bond motifs is 1. The van der Waals surface area contributed by atoms with Gasteiger partial charge in [0.15, 0.2) is 5.65 Å². The van der Waals surface area contributed by atoms with Gasteiger partial charge in [-0.15, -0.1) is 5.10 Å². The van der Waals surface area contributed by atoms with E-state index in [1.165, 1.54) is 41.0 Å². The second-order valence-corrected chi connectivity index (χ2v) is 9.26. The first-order valence-corrected chi connectivity index (χ1v) is 12.0. The summed E-state index contributed by atoms with van der Waals surface area (Å²) in [4.78, 5) is 16.9. The molecule has 0 saturated carbocycles. The van der Waals surface area contributed by atoms with E-state index in [1.807, 2.05) is 26.8 Å². The summed E-state index contributed by atoms with van der Waals surface area (Å²) < 4.78 is 59.1. The molecule has 4 rings (SSSR count). The Morgan fingerprint density at radius 2 is 1.92 bits per heavy atom. The smallest absolute Gasteiger partial charge is 0.390 e. The van der Waals surface area contributed by atoms with Gasteiger partial charge in [-0.25, -0.2) is 13.9 Å². The lowest BCUT2D eigenvalue weighted by Crippen LogP contribution is -2.27. The van der Waals surface area contributed by atoms with Crippen LogP contribution in [-0.4, -0.2) is 39.8 Å². The third kappa shape index (κ3) is 6.58. The number of aryl methyl sites for hydroxylation is 1. The van der Waals surface area contributed by atoms with Crippen LogP contribution < -0.4 is 15.4 Å². The van der Waals surface area contributed by atoms with Gasteiger partial charge in [0.25, 0.3) is 5.91 Å². The molecule has 0 fully saturated rings. The minimum atomic E-state index is -4.33. The number of carbonyl (C=O) groups excluding carboxylic acids is 1. The highest BCUT2D eigenvalue weighted by atomic mass is 19.4. The Morgan fingerprint density at radius 3 is 2.61 bits per heavy atom. The van der Waals surface area contributed by atoms with Gasteiger partial charge in [-0.05, 0) is 42.7 Å². The molecule has 0 bridgehead atoms. The number of rotatable bonds is 9. The molecule has 2 N–H and O–H groups in total. The van der Waals surface area contributed by atoms with Crippen LogP contribution in [-0.2, 0) is 0 Å². The molecule has 0 spiro atoms. The number of imidazole rings is 1. The molecule has 0 unspecified atom stereocenters. The van der Waals surface area contributed by atoms with Crippen molar-refractivity contribution in [3.05, 3.63) is 71.7 Å². The van der Waals surface area contributed by atoms with Crippen LogP contribution in [0.1, 0.15) is 36.2 Å². The third-order valence-electron chi connectivity index (χ3n) is 5.63. The monoisotopic (exact) mass is 529 g/mol. The fraction of sp³-hybridized carbons (Fsp3) is 0.296. The molecule has 38 heavy (non-hydrogen) atoms. The first-order chi connectivity index (χ1) is 18.0. The number of anilines is 1. The number of hydrogen-bond acceptors (Lipinski definition) is 5. The van der Waals surface area contributed by atoms with E-state index in [0.29, 0.717) is 29.3 Å². The lowest BCUT2D eigenvalue weighted by Gasteiger charge is -2.13. The minimum Gasteiger partial charge on any atom is -0.437 e. The number of ether oxygens (including phenoxy) is 1. The van der Waals surface area contributed by atoms with Crippen molar-refractivity contribution in [2.75, 3.05) is 18.4 Å². The highest BCUT2D eigenvalue weighted by Gasteiger charge is 2.26. The van der Waals surface area contributed by atoms with Crippen LogP contribution in [0.25, 0.3) is 16.9 Å². The van der Waals surface area contributed by atoms with Crippen LogP contribution >= 0.6 is 0 Å². The molecule has 4 aromatic rings. The SMILES string of the molecule is Cc1cc(-c2cnc3c(NCCC(F)(F)F)cc(Oc4cccc(F)c4)nn23)ccc1C(=O)NCC(C)C. The van der Waals surface area contributed by atoms with Crippen LogP contribution in [0, 0.1) is 18.7 Å². The van der Waals surface area contributed by atoms with E-state index in [1.54, 1.807) is 12.1 Å². The number of alkyl halides is 3. The zero-order chi connectivity index (χ0) is 27.4. The molecular weight excluding hydrogens is 502 g/mol. The van der Waals surface area contributed by atoms with E-state index >= 15 is 0 Å². The normalized spacial score (nSPS) is 11.7. The van der Waals surface area contributed by atoms with Gasteiger partial charge in [-0.2, -0.15) is 13.2 Å². The summed E-state index contributed by atoms with van der Waals surface area (Å²) in [6.07, 6.45) is -3.84. The molecule has 200 valence electrons. The van der Waals surface area contributed by atoms with Crippen LogP contribution in [0.2, 0.25) is 0 Å². The molecule has 0 aliphatic heterocycles. The van der Waals surface area contributed by atoms with Crippen LogP contribution in [0.3, 0.4) is 0 Å². The van der Waals surface area contributed by atoms with E-state index in [-0.39, 0.29) is 35.4 Å². The average molecular weight is 530 g/mol. The van der Waals surface area contributed by atoms with Gasteiger partial charge in [0, 0.05) is 36.3 Å². The highest BCUT2D eigenvalue weighted by molar-refractivity contribution is 5.96. The number of amides is 1. The number of nitrogens with zero attached hydrogens (tertiary/aromatic N) is 3. The largest absolute Gasteiger partial charge is 0.437 e. The third-order valence-corrected chi connectivity index (χ3v) is 5.63. The lowest BCUT2D eigenvalue weighted by molar-refractivity contribution is -0.131. The number of halogens is 4. The Bertz CT molecular complexity index is 1450. The van der Waals surface area contributed by atoms with Gasteiger partial charge in [0.05, 0.1) is 24.0 Å². The summed E-state index contributed by atoms with van der Waals surface area (Å²) >= 11 is 0. The Balaban J connectivity index is 1.71. The van der Waals surface area contributed by atoms with E-state index in [9.17, 15) is 22.4 Å². The summed E-state index contributed by atoms with van der Waals surface area (Å²) in [5, 5.41) is 10.1. The van der Waals surface area contributed by atoms with Gasteiger partial charge in [0.1, 0.15) is 11.6 Å². The molecular formula is C27H27F4N5O2. The quantitative estimate of drug-likeness (QED) is 0.246. The van der Waals surface area contributed by atoms with E-state index in [0.717, 1.165) is 5.56 Å². The Labute approximate surface area is 216 Å². The van der Waals surface area contributed by atoms with Crippen molar-refractivity contribution in [2.24, 2.45) is 5.92 Å². The first kappa shape index (κ1) is 26.9. The summed E-state index contributed by atoms with van der Waals surface area (Å²) in [6, 6.07) is 12.1. The topological polar surface area (TPSA) is 80.6 Å². The summed E-state index contributed by atoms with van der Waals surface area (Å²) in [6.45, 7) is 5.99. The Hall–Kier alpha value is -4.15. The summed E-state index contributed by atoms with van der Waals surface area (Å²) in [7, 11) is 0. The minimum absolute atomic E-state index is 0.0262. The van der Waals surface area contributed by atoms with Crippen LogP contribution in [0.15, 0.2) is 54.7 Å². The fourth-order valence-electron chi connectivity index (χ4n) is 3.78. The zero-order valence-electron chi connectivity index (χ0n) is 21.1. The highest BCUT2D eigenvalue weighted by Crippen LogP contribution is 2.30. The molecule has 0 aliphatic carbocycles. The maximum atomic E-state index is 13.7. The van der Waals surface area contributed by atoms with E-state index < -0.39 is 18.4 Å². The molecule has 1 amide bonds. The Morgan fingerprint density at radius 1 is 1.13 bits per heavy atom. The van der Waals surface area contributed by atoms with Gasteiger partial charge in [0.2, 0.25) is 5.88 Å². The zero-order valence-corrected chi connectivity index (χ0v) is 21.1. The predicted molar refractivity (Wildman–Crippen MR) is 136 cm³/mol. The molecule has 0 aliphatic rings. The summed E-state index contributed by atoms with van der Waals surface area (Å²) in [5.74, 6) is -0.180. The van der Waals surface area contributed by atoms with Gasteiger partial charge in [-0.1, -0.05) is 26.0 Å². The molecule has 2 heterocycles. The number of benzene rings is 2. The number of hydrogen-bond donors (Lipinski definition) is 2. The van der Waals surface area contributed by atoms with Crippen LogP contribution in [0.5, 0.6) is 11.6 Å². The Kier molecular flexibility index (Phi) is 7.84. The van der Waals surface area contributed by atoms with E-state index in [2.05, 4.69) is 20.7 Å². The van der Waals surface area contributed by atoms with E-state index in [4.69, 9.17) is 4.74 Å². The number of nitrogens with one attached hydrogen (secondary N) is 2. The number of carbonyl (C=O) groups is 1. The van der Waals surface area contributed by atoms with Crippen molar-refractivity contribution in [1.82, 2.24) is 19.9 Å². The molecule has 0 atom stereocenters. The van der Waals surface area contributed by atoms with Gasteiger partial charge < -0.3 is 15.4 Å². The van der Waals surface area contributed by atoms with Crippen molar-refractivity contribution < 1.29 is 27.1 Å².